The van der Waals surface area contributed by atoms with E-state index in [-0.39, 0.29) is 375 Å². The number of benzene rings is 1. The first-order chi connectivity index (χ1) is 5.29. The Morgan fingerprint density at radius 1 is 0.500 bits per heavy atom. The zero-order valence-corrected chi connectivity index (χ0v) is 45.1. The van der Waals surface area contributed by atoms with Crippen molar-refractivity contribution in [1.82, 2.24) is 0 Å². The standard InChI is InChI=1S/C8H4O3.2CH3.11Y/c9-7-5-3-1-2-4-6(5)8(10)11-7;;;;;;;;;;;;;/h1-4H;2*1H3;;;;;;;;;;;/q;2*-1;;;;;;;;;;;. The number of fused-ring (bicyclic) bond motifs is 1. The van der Waals surface area contributed by atoms with E-state index in [4.69, 9.17) is 0 Å². The molecule has 3 nitrogen and oxygen atoms in total. The van der Waals surface area contributed by atoms with Gasteiger partial charge in [0.1, 0.15) is 0 Å². The average molecular weight is 1160 g/mol. The maximum Gasteiger partial charge on any atom is 0.346 e. The van der Waals surface area contributed by atoms with Crippen LogP contribution in [0.5, 0.6) is 0 Å². The van der Waals surface area contributed by atoms with Gasteiger partial charge in [-0.2, -0.15) is 0 Å². The van der Waals surface area contributed by atoms with Gasteiger partial charge in [0.15, 0.2) is 0 Å². The fourth-order valence-corrected chi connectivity index (χ4v) is 1.03. The number of ether oxygens (including phenoxy) is 1. The van der Waals surface area contributed by atoms with E-state index in [0.717, 1.165) is 0 Å². The first-order valence-electron chi connectivity index (χ1n) is 3.14. The zero-order valence-electron chi connectivity index (χ0n) is 13.9. The van der Waals surface area contributed by atoms with Crippen LogP contribution < -0.4 is 0 Å². The van der Waals surface area contributed by atoms with Crippen molar-refractivity contribution in [2.24, 2.45) is 0 Å². The van der Waals surface area contributed by atoms with Crippen LogP contribution in [0.15, 0.2) is 24.3 Å². The molecule has 2 rings (SSSR count). The Labute approximate surface area is 423 Å². The minimum atomic E-state index is -0.550. The third-order valence-corrected chi connectivity index (χ3v) is 1.55. The molecule has 0 bridgehead atoms. The Hall–Kier alpha value is 10.5. The summed E-state index contributed by atoms with van der Waals surface area (Å²) in [5.74, 6) is -1.10. The van der Waals surface area contributed by atoms with E-state index in [1.807, 2.05) is 0 Å². The van der Waals surface area contributed by atoms with Gasteiger partial charge in [0, 0.05) is 360 Å². The minimum absolute atomic E-state index is 0. The normalized spacial score (nSPS) is 6.67. The molecule has 1 aromatic carbocycles. The van der Waals surface area contributed by atoms with Crippen molar-refractivity contribution >= 4 is 11.9 Å². The van der Waals surface area contributed by atoms with Gasteiger partial charge < -0.3 is 19.6 Å². The maximum absolute atomic E-state index is 10.8. The molecule has 1 aromatic rings. The topological polar surface area (TPSA) is 43.4 Å². The molecule has 1 aliphatic heterocycles. The van der Waals surface area contributed by atoms with Crippen LogP contribution in [-0.2, 0) is 365 Å². The molecule has 1 aliphatic rings. The number of carbonyl (C=O) groups is 2. The largest absolute Gasteiger partial charge is 0.386 e. The molecule has 103 valence electrons. The molecule has 0 saturated heterocycles. The van der Waals surface area contributed by atoms with Gasteiger partial charge >= 0.3 is 11.9 Å². The van der Waals surface area contributed by atoms with E-state index >= 15 is 0 Å². The van der Waals surface area contributed by atoms with E-state index in [0.29, 0.717) is 11.1 Å². The molecule has 0 saturated carbocycles. The molecule has 0 aliphatic carbocycles. The van der Waals surface area contributed by atoms with Gasteiger partial charge in [0.05, 0.1) is 11.1 Å². The first kappa shape index (κ1) is 76.5. The van der Waals surface area contributed by atoms with Crippen LogP contribution in [0.3, 0.4) is 0 Å². The van der Waals surface area contributed by atoms with Crippen molar-refractivity contribution in [2.45, 2.75) is 0 Å². The van der Waals surface area contributed by atoms with E-state index in [1.54, 1.807) is 24.3 Å². The molecule has 0 amide bonds. The van der Waals surface area contributed by atoms with Gasteiger partial charge in [-0.05, 0) is 12.1 Å². The Bertz CT molecular complexity index is 333. The summed E-state index contributed by atoms with van der Waals surface area (Å²) in [5.41, 5.74) is 0.718. The summed E-state index contributed by atoms with van der Waals surface area (Å²) < 4.78 is 4.35. The van der Waals surface area contributed by atoms with Crippen molar-refractivity contribution in [3.8, 4) is 0 Å². The third kappa shape index (κ3) is 28.7. The van der Waals surface area contributed by atoms with Crippen LogP contribution in [0.4, 0.5) is 0 Å². The summed E-state index contributed by atoms with van der Waals surface area (Å²) >= 11 is 0. The number of carbonyl (C=O) groups excluding carboxylic acids is 2. The molecular formula is C10H10O3Y11-2. The Morgan fingerprint density at radius 2 is 0.708 bits per heavy atom. The summed E-state index contributed by atoms with van der Waals surface area (Å²) in [7, 11) is 0. The molecule has 0 spiro atoms. The summed E-state index contributed by atoms with van der Waals surface area (Å²) in [4.78, 5) is 21.7. The second-order valence-corrected chi connectivity index (χ2v) is 2.22. The predicted octanol–water partition coefficient (Wildman–Crippen LogP) is 1.87. The summed E-state index contributed by atoms with van der Waals surface area (Å²) in [5, 5.41) is 0. The van der Waals surface area contributed by atoms with Crippen LogP contribution >= 0.6 is 0 Å². The van der Waals surface area contributed by atoms with Gasteiger partial charge in [-0.1, -0.05) is 12.1 Å². The molecule has 0 fully saturated rings. The predicted molar refractivity (Wildman–Crippen MR) is 49.0 cm³/mol. The smallest absolute Gasteiger partial charge is 0.346 e. The molecule has 0 atom stereocenters. The Kier molecular flexibility index (Phi) is 149. The second kappa shape index (κ2) is 46.8. The third-order valence-electron chi connectivity index (χ3n) is 1.55. The molecule has 24 heavy (non-hydrogen) atoms. The van der Waals surface area contributed by atoms with Crippen molar-refractivity contribution in [3.05, 3.63) is 50.2 Å². The van der Waals surface area contributed by atoms with E-state index in [2.05, 4.69) is 4.74 Å². The number of rotatable bonds is 0. The SMILES string of the molecule is O=C1OC(=O)c2ccccc21.[CH3-].[CH3-].[Y].[Y].[Y].[Y].[Y].[Y].[Y].[Y].[Y].[Y].[Y]. The number of cyclic esters (lactones) is 2. The van der Waals surface area contributed by atoms with Gasteiger partial charge in [-0.3, -0.25) is 0 Å². The summed E-state index contributed by atoms with van der Waals surface area (Å²) in [6.45, 7) is 0. The van der Waals surface area contributed by atoms with Crippen LogP contribution in [0.2, 0.25) is 0 Å². The van der Waals surface area contributed by atoms with Crippen LogP contribution in [0.1, 0.15) is 20.7 Å². The van der Waals surface area contributed by atoms with Crippen molar-refractivity contribution in [3.63, 3.8) is 0 Å². The van der Waals surface area contributed by atoms with Gasteiger partial charge in [0.2, 0.25) is 0 Å². The van der Waals surface area contributed by atoms with Crippen molar-refractivity contribution < 1.29 is 374 Å². The number of hydrogen-bond donors (Lipinski definition) is 0. The summed E-state index contributed by atoms with van der Waals surface area (Å²) in [6, 6.07) is 6.53. The summed E-state index contributed by atoms with van der Waals surface area (Å²) in [6.07, 6.45) is 0. The van der Waals surface area contributed by atoms with Crippen LogP contribution in [0, 0.1) is 14.9 Å². The molecule has 0 aromatic heterocycles. The van der Waals surface area contributed by atoms with Gasteiger partial charge in [-0.25, -0.2) is 9.59 Å². The Balaban J connectivity index is -0.0000000111. The van der Waals surface area contributed by atoms with Gasteiger partial charge in [-0.15, -0.1) is 0 Å². The van der Waals surface area contributed by atoms with Crippen molar-refractivity contribution in [2.75, 3.05) is 0 Å². The molecular weight excluding hydrogens is 1150 g/mol. The van der Waals surface area contributed by atoms with Crippen molar-refractivity contribution in [1.29, 1.82) is 0 Å². The quantitative estimate of drug-likeness (QED) is 0.227. The van der Waals surface area contributed by atoms with Crippen LogP contribution in [-0.4, -0.2) is 11.9 Å². The van der Waals surface area contributed by atoms with E-state index < -0.39 is 11.9 Å². The first-order valence-corrected chi connectivity index (χ1v) is 3.14. The minimum Gasteiger partial charge on any atom is -0.386 e. The fourth-order valence-electron chi connectivity index (χ4n) is 1.03. The molecule has 0 unspecified atom stereocenters. The maximum atomic E-state index is 10.8. The monoisotopic (exact) mass is 1160 g/mol. The fraction of sp³-hybridized carbons (Fsp3) is 0. The van der Waals surface area contributed by atoms with E-state index in [9.17, 15) is 9.59 Å². The molecule has 0 N–H and O–H groups in total. The second-order valence-electron chi connectivity index (χ2n) is 2.22. The molecule has 14 heteroatoms. The van der Waals surface area contributed by atoms with Crippen LogP contribution in [0.25, 0.3) is 0 Å². The number of hydrogen-bond acceptors (Lipinski definition) is 3. The van der Waals surface area contributed by atoms with E-state index in [1.165, 1.54) is 0 Å². The zero-order chi connectivity index (χ0) is 7.84. The van der Waals surface area contributed by atoms with Gasteiger partial charge in [0.25, 0.3) is 0 Å². The number of esters is 2. The average Bonchev–Trinajstić information content (AvgIpc) is 2.30. The Morgan fingerprint density at radius 3 is 0.917 bits per heavy atom. The molecule has 1 heterocycles. The molecule has 11 radical (unpaired) electrons.